The van der Waals surface area contributed by atoms with Gasteiger partial charge in [-0.1, -0.05) is 45.2 Å². The maximum absolute atomic E-state index is 13.3. The number of nitrogens with zero attached hydrogens (tertiary/aromatic N) is 7. The minimum atomic E-state index is -0.412. The lowest BCUT2D eigenvalue weighted by molar-refractivity contribution is -0.384. The van der Waals surface area contributed by atoms with Crippen LogP contribution in [0.25, 0.3) is 11.2 Å². The van der Waals surface area contributed by atoms with E-state index in [-0.39, 0.29) is 17.4 Å². The largest absolute Gasteiger partial charge is 0.368 e. The quantitative estimate of drug-likeness (QED) is 0.170. The van der Waals surface area contributed by atoms with Crippen LogP contribution in [0.5, 0.6) is 0 Å². The van der Waals surface area contributed by atoms with Crippen LogP contribution in [-0.2, 0) is 6.54 Å². The molecule has 1 saturated heterocycles. The summed E-state index contributed by atoms with van der Waals surface area (Å²) in [5, 5.41) is 14.6. The van der Waals surface area contributed by atoms with Crippen molar-refractivity contribution in [3.8, 4) is 0 Å². The lowest BCUT2D eigenvalue weighted by atomic mass is 9.99. The van der Waals surface area contributed by atoms with Gasteiger partial charge in [-0.05, 0) is 42.2 Å². The van der Waals surface area contributed by atoms with Gasteiger partial charge in [0.25, 0.3) is 11.6 Å². The number of imidazole rings is 1. The van der Waals surface area contributed by atoms with Crippen LogP contribution in [0, 0.1) is 21.8 Å². The summed E-state index contributed by atoms with van der Waals surface area (Å²) in [4.78, 5) is 42.0. The first-order valence-electron chi connectivity index (χ1n) is 14.9. The van der Waals surface area contributed by atoms with E-state index in [2.05, 4.69) is 29.0 Å². The number of hydrogen-bond donors (Lipinski definition) is 1. The van der Waals surface area contributed by atoms with E-state index >= 15 is 0 Å². The lowest BCUT2D eigenvalue weighted by Crippen LogP contribution is -2.49. The van der Waals surface area contributed by atoms with Gasteiger partial charge in [0, 0.05) is 50.4 Å². The first-order chi connectivity index (χ1) is 20.9. The van der Waals surface area contributed by atoms with Crippen molar-refractivity contribution in [1.29, 1.82) is 0 Å². The number of hydrogen-bond acceptors (Lipinski definition) is 8. The molecule has 1 unspecified atom stereocenters. The second-order valence-corrected chi connectivity index (χ2v) is 10.9. The molecule has 2 aromatic carbocycles. The smallest absolute Gasteiger partial charge is 0.269 e. The van der Waals surface area contributed by atoms with E-state index in [4.69, 9.17) is 9.97 Å². The fourth-order valence-corrected chi connectivity index (χ4v) is 5.30. The number of carbonyl (C=O) groups is 1. The molecule has 1 N–H and O–H groups in total. The molecular formula is C31H37FN8O3. The number of piperazine rings is 1. The Kier molecular flexibility index (Phi) is 9.43. The highest BCUT2D eigenvalue weighted by Crippen LogP contribution is 2.26. The molecule has 0 spiro atoms. The highest BCUT2D eigenvalue weighted by atomic mass is 19.1. The molecular weight excluding hydrogens is 551 g/mol. The zero-order valence-corrected chi connectivity index (χ0v) is 24.6. The van der Waals surface area contributed by atoms with Crippen molar-refractivity contribution in [3.63, 3.8) is 0 Å². The normalized spacial score (nSPS) is 14.2. The van der Waals surface area contributed by atoms with Crippen LogP contribution in [0.3, 0.4) is 0 Å². The molecule has 4 aromatic rings. The monoisotopic (exact) mass is 588 g/mol. The van der Waals surface area contributed by atoms with Crippen molar-refractivity contribution >= 4 is 34.5 Å². The molecule has 43 heavy (non-hydrogen) atoms. The van der Waals surface area contributed by atoms with Gasteiger partial charge in [0.05, 0.1) is 17.8 Å². The maximum atomic E-state index is 13.3. The number of anilines is 2. The van der Waals surface area contributed by atoms with Gasteiger partial charge in [-0.25, -0.2) is 9.37 Å². The second kappa shape index (κ2) is 13.6. The van der Waals surface area contributed by atoms with E-state index in [0.29, 0.717) is 67.1 Å². The van der Waals surface area contributed by atoms with Crippen LogP contribution >= 0.6 is 0 Å². The first kappa shape index (κ1) is 29.9. The van der Waals surface area contributed by atoms with E-state index in [1.807, 2.05) is 4.57 Å². The summed E-state index contributed by atoms with van der Waals surface area (Å²) in [5.74, 6) is 1.23. The van der Waals surface area contributed by atoms with Crippen LogP contribution in [0.2, 0.25) is 0 Å². The van der Waals surface area contributed by atoms with Crippen molar-refractivity contribution in [3.05, 3.63) is 81.9 Å². The Labute approximate surface area is 249 Å². The number of halogens is 1. The summed E-state index contributed by atoms with van der Waals surface area (Å²) in [6.45, 7) is 7.68. The van der Waals surface area contributed by atoms with Crippen molar-refractivity contribution in [2.45, 2.75) is 46.1 Å². The van der Waals surface area contributed by atoms with Crippen LogP contribution < -0.4 is 10.2 Å². The predicted octanol–water partition coefficient (Wildman–Crippen LogP) is 5.51. The third kappa shape index (κ3) is 7.07. The van der Waals surface area contributed by atoms with Crippen LogP contribution in [-0.4, -0.2) is 68.0 Å². The molecule has 1 amide bonds. The third-order valence-corrected chi connectivity index (χ3v) is 7.99. The number of nitro groups is 1. The molecule has 0 saturated carbocycles. The highest BCUT2D eigenvalue weighted by molar-refractivity contribution is 5.94. The number of rotatable bonds is 12. The summed E-state index contributed by atoms with van der Waals surface area (Å²) in [6.07, 6.45) is 6.26. The van der Waals surface area contributed by atoms with E-state index in [1.165, 1.54) is 42.8 Å². The molecule has 1 aliphatic heterocycles. The van der Waals surface area contributed by atoms with Crippen LogP contribution in [0.15, 0.2) is 54.9 Å². The number of nitro benzene ring substituents is 1. The summed E-state index contributed by atoms with van der Waals surface area (Å²) >= 11 is 0. The SMILES string of the molecule is CCCCC(CC)CNc1nc(N2CCN(C(=O)c3ccc(F)cc3)CC2)nc2c1ncn2Cc1ccc([N+](=O)[O-])cc1. The number of amides is 1. The second-order valence-electron chi connectivity index (χ2n) is 10.9. The molecule has 0 bridgehead atoms. The maximum Gasteiger partial charge on any atom is 0.269 e. The molecule has 1 aliphatic rings. The Morgan fingerprint density at radius 2 is 1.77 bits per heavy atom. The highest BCUT2D eigenvalue weighted by Gasteiger charge is 2.25. The molecule has 1 atom stereocenters. The van der Waals surface area contributed by atoms with Crippen molar-refractivity contribution in [2.75, 3.05) is 42.9 Å². The predicted molar refractivity (Wildman–Crippen MR) is 164 cm³/mol. The minimum Gasteiger partial charge on any atom is -0.368 e. The molecule has 1 fully saturated rings. The summed E-state index contributed by atoms with van der Waals surface area (Å²) in [5.41, 5.74) is 2.72. The number of aromatic nitrogens is 4. The average Bonchev–Trinajstić information content (AvgIpc) is 3.44. The van der Waals surface area contributed by atoms with Gasteiger partial charge >= 0.3 is 0 Å². The number of non-ortho nitro benzene ring substituents is 1. The summed E-state index contributed by atoms with van der Waals surface area (Å²) in [7, 11) is 0. The molecule has 0 radical (unpaired) electrons. The molecule has 3 heterocycles. The van der Waals surface area contributed by atoms with E-state index < -0.39 is 4.92 Å². The van der Waals surface area contributed by atoms with Crippen molar-refractivity contribution in [1.82, 2.24) is 24.4 Å². The molecule has 11 nitrogen and oxygen atoms in total. The van der Waals surface area contributed by atoms with Gasteiger partial charge in [-0.15, -0.1) is 0 Å². The zero-order valence-electron chi connectivity index (χ0n) is 24.6. The van der Waals surface area contributed by atoms with Gasteiger partial charge in [0.2, 0.25) is 5.95 Å². The summed E-state index contributed by atoms with van der Waals surface area (Å²) < 4.78 is 15.3. The molecule has 12 heteroatoms. The fraction of sp³-hybridized carbons (Fsp3) is 0.419. The van der Waals surface area contributed by atoms with Gasteiger partial charge in [-0.3, -0.25) is 14.9 Å². The Hall–Kier alpha value is -4.61. The number of benzene rings is 2. The lowest BCUT2D eigenvalue weighted by Gasteiger charge is -2.35. The topological polar surface area (TPSA) is 122 Å². The van der Waals surface area contributed by atoms with Crippen LogP contribution in [0.1, 0.15) is 55.5 Å². The zero-order chi connectivity index (χ0) is 30.3. The van der Waals surface area contributed by atoms with Gasteiger partial charge in [0.1, 0.15) is 5.82 Å². The number of fused-ring (bicyclic) bond motifs is 1. The minimum absolute atomic E-state index is 0.0425. The van der Waals surface area contributed by atoms with Gasteiger partial charge < -0.3 is 19.7 Å². The Balaban J connectivity index is 1.39. The van der Waals surface area contributed by atoms with Gasteiger partial charge in [-0.2, -0.15) is 9.97 Å². The van der Waals surface area contributed by atoms with Crippen LogP contribution in [0.4, 0.5) is 21.8 Å². The Morgan fingerprint density at radius 1 is 1.05 bits per heavy atom. The number of unbranched alkanes of at least 4 members (excludes halogenated alkanes) is 1. The number of carbonyl (C=O) groups excluding carboxylic acids is 1. The average molecular weight is 589 g/mol. The van der Waals surface area contributed by atoms with Crippen molar-refractivity contribution < 1.29 is 14.1 Å². The van der Waals surface area contributed by atoms with Gasteiger partial charge in [0.15, 0.2) is 17.0 Å². The standard InChI is InChI=1S/C31H37FN8O3/c1-3-5-6-22(4-2)19-33-28-27-29(39(21-34-27)20-23-7-13-26(14-8-23)40(42)43)36-31(35-28)38-17-15-37(16-18-38)30(41)24-9-11-25(32)12-10-24/h7-14,21-22H,3-6,15-20H2,1-2H3,(H,33,35,36). The van der Waals surface area contributed by atoms with Crippen molar-refractivity contribution in [2.24, 2.45) is 5.92 Å². The molecule has 2 aromatic heterocycles. The Morgan fingerprint density at radius 3 is 2.42 bits per heavy atom. The first-order valence-corrected chi connectivity index (χ1v) is 14.9. The number of nitrogens with one attached hydrogen (secondary N) is 1. The molecule has 226 valence electrons. The third-order valence-electron chi connectivity index (χ3n) is 7.99. The fourth-order valence-electron chi connectivity index (χ4n) is 5.30. The van der Waals surface area contributed by atoms with E-state index in [9.17, 15) is 19.3 Å². The molecule has 5 rings (SSSR count). The summed E-state index contributed by atoms with van der Waals surface area (Å²) in [6, 6.07) is 12.1. The van der Waals surface area contributed by atoms with E-state index in [1.54, 1.807) is 23.4 Å². The Bertz CT molecular complexity index is 1550. The van der Waals surface area contributed by atoms with E-state index in [0.717, 1.165) is 31.4 Å². The molecule has 0 aliphatic carbocycles.